The number of nitrogens with one attached hydrogen (secondary N) is 3. The largest absolute Gasteiger partial charge is 0.395 e. The van der Waals surface area contributed by atoms with Crippen LogP contribution in [0.1, 0.15) is 0 Å². The number of aliphatic hydroxyl groups is 1. The van der Waals surface area contributed by atoms with Crippen LogP contribution >= 0.6 is 24.4 Å². The van der Waals surface area contributed by atoms with Crippen molar-refractivity contribution in [1.82, 2.24) is 10.2 Å². The summed E-state index contributed by atoms with van der Waals surface area (Å²) in [5.41, 5.74) is 1.86. The summed E-state index contributed by atoms with van der Waals surface area (Å²) in [7, 11) is 0. The van der Waals surface area contributed by atoms with Gasteiger partial charge in [-0.25, -0.2) is 0 Å². The molecule has 0 aromatic heterocycles. The summed E-state index contributed by atoms with van der Waals surface area (Å²) >= 11 is 10.7. The normalized spacial score (nSPS) is 9.96. The standard InChI is InChI=1S/C18H22N4OS2/c23-14-13-22(18(25)21-16-9-5-2-6-10-16)12-11-19-17(24)20-15-7-3-1-4-8-15/h1-10,23H,11-14H2,(H,21,25)(H2,19,20,24). The van der Waals surface area contributed by atoms with E-state index in [4.69, 9.17) is 24.4 Å². The molecule has 0 atom stereocenters. The first-order chi connectivity index (χ1) is 12.2. The van der Waals surface area contributed by atoms with Crippen molar-refractivity contribution in [3.05, 3.63) is 60.7 Å². The Morgan fingerprint density at radius 3 is 1.96 bits per heavy atom. The molecule has 0 unspecified atom stereocenters. The van der Waals surface area contributed by atoms with Crippen LogP contribution in [0.5, 0.6) is 0 Å². The first-order valence-electron chi connectivity index (χ1n) is 8.01. The molecule has 0 aliphatic heterocycles. The van der Waals surface area contributed by atoms with Gasteiger partial charge in [-0.2, -0.15) is 0 Å². The first kappa shape index (κ1) is 19.1. The molecule has 0 spiro atoms. The van der Waals surface area contributed by atoms with Crippen LogP contribution in [0.15, 0.2) is 60.7 Å². The molecule has 132 valence electrons. The fourth-order valence-electron chi connectivity index (χ4n) is 2.16. The molecule has 0 bridgehead atoms. The molecule has 0 aliphatic carbocycles. The molecule has 0 aliphatic rings. The summed E-state index contributed by atoms with van der Waals surface area (Å²) in [5.74, 6) is 0. The van der Waals surface area contributed by atoms with E-state index in [0.717, 1.165) is 11.4 Å². The zero-order chi connectivity index (χ0) is 17.9. The van der Waals surface area contributed by atoms with Crippen molar-refractivity contribution in [2.45, 2.75) is 0 Å². The molecular formula is C18H22N4OS2. The number of thiocarbonyl (C=S) groups is 2. The van der Waals surface area contributed by atoms with Gasteiger partial charge in [0.1, 0.15) is 0 Å². The van der Waals surface area contributed by atoms with Gasteiger partial charge in [-0.05, 0) is 48.7 Å². The minimum Gasteiger partial charge on any atom is -0.395 e. The smallest absolute Gasteiger partial charge is 0.173 e. The molecule has 0 fully saturated rings. The SMILES string of the molecule is OCCN(CCNC(=S)Nc1ccccc1)C(=S)Nc1ccccc1. The molecule has 5 nitrogen and oxygen atoms in total. The van der Waals surface area contributed by atoms with Gasteiger partial charge in [-0.15, -0.1) is 0 Å². The summed E-state index contributed by atoms with van der Waals surface area (Å²) in [6.07, 6.45) is 0. The predicted molar refractivity (Wildman–Crippen MR) is 112 cm³/mol. The Morgan fingerprint density at radius 2 is 1.40 bits per heavy atom. The maximum absolute atomic E-state index is 9.27. The molecule has 0 saturated heterocycles. The molecule has 0 amide bonds. The number of rotatable bonds is 7. The Kier molecular flexibility index (Phi) is 8.11. The van der Waals surface area contributed by atoms with Crippen molar-refractivity contribution >= 4 is 46.0 Å². The highest BCUT2D eigenvalue weighted by Gasteiger charge is 2.09. The molecule has 2 aromatic rings. The lowest BCUT2D eigenvalue weighted by molar-refractivity contribution is 0.252. The highest BCUT2D eigenvalue weighted by atomic mass is 32.1. The van der Waals surface area contributed by atoms with Gasteiger partial charge >= 0.3 is 0 Å². The predicted octanol–water partition coefficient (Wildman–Crippen LogP) is 2.66. The first-order valence-corrected chi connectivity index (χ1v) is 8.82. The number of benzene rings is 2. The molecule has 2 aromatic carbocycles. The van der Waals surface area contributed by atoms with Gasteiger partial charge in [0.2, 0.25) is 0 Å². The minimum absolute atomic E-state index is 0.0311. The lowest BCUT2D eigenvalue weighted by Gasteiger charge is -2.25. The average molecular weight is 375 g/mol. The number of nitrogens with zero attached hydrogens (tertiary/aromatic N) is 1. The van der Waals surface area contributed by atoms with Crippen LogP contribution in [-0.4, -0.2) is 46.5 Å². The van der Waals surface area contributed by atoms with Crippen LogP contribution < -0.4 is 16.0 Å². The van der Waals surface area contributed by atoms with Gasteiger partial charge in [0.15, 0.2) is 10.2 Å². The van der Waals surface area contributed by atoms with Gasteiger partial charge < -0.3 is 26.0 Å². The number of para-hydroxylation sites is 2. The summed E-state index contributed by atoms with van der Waals surface area (Å²) in [5, 5.41) is 19.8. The van der Waals surface area contributed by atoms with Crippen LogP contribution in [0.3, 0.4) is 0 Å². The number of hydrogen-bond acceptors (Lipinski definition) is 3. The Morgan fingerprint density at radius 1 is 0.840 bits per heavy atom. The van der Waals surface area contributed by atoms with Crippen LogP contribution in [0.4, 0.5) is 11.4 Å². The van der Waals surface area contributed by atoms with Gasteiger partial charge in [0.25, 0.3) is 0 Å². The van der Waals surface area contributed by atoms with Gasteiger partial charge in [0.05, 0.1) is 6.61 Å². The van der Waals surface area contributed by atoms with E-state index in [1.807, 2.05) is 65.6 Å². The van der Waals surface area contributed by atoms with Gasteiger partial charge in [-0.1, -0.05) is 36.4 Å². The summed E-state index contributed by atoms with van der Waals surface area (Å²) < 4.78 is 0. The molecular weight excluding hydrogens is 352 g/mol. The fraction of sp³-hybridized carbons (Fsp3) is 0.222. The van der Waals surface area contributed by atoms with E-state index < -0.39 is 0 Å². The summed E-state index contributed by atoms with van der Waals surface area (Å²) in [6, 6.07) is 19.5. The van der Waals surface area contributed by atoms with Crippen molar-refractivity contribution in [1.29, 1.82) is 0 Å². The molecule has 7 heteroatoms. The monoisotopic (exact) mass is 374 g/mol. The Balaban J connectivity index is 1.78. The lowest BCUT2D eigenvalue weighted by Crippen LogP contribution is -2.42. The third-order valence-corrected chi connectivity index (χ3v) is 3.99. The maximum Gasteiger partial charge on any atom is 0.173 e. The molecule has 2 rings (SSSR count). The lowest BCUT2D eigenvalue weighted by atomic mass is 10.3. The van der Waals surface area contributed by atoms with E-state index in [1.165, 1.54) is 0 Å². The molecule has 0 radical (unpaired) electrons. The van der Waals surface area contributed by atoms with E-state index in [9.17, 15) is 5.11 Å². The number of hydrogen-bond donors (Lipinski definition) is 4. The second-order valence-corrected chi connectivity index (χ2v) is 6.05. The van der Waals surface area contributed by atoms with Crippen molar-refractivity contribution in [3.63, 3.8) is 0 Å². The second kappa shape index (κ2) is 10.6. The van der Waals surface area contributed by atoms with Crippen LogP contribution in [0, 0.1) is 0 Å². The number of anilines is 2. The van der Waals surface area contributed by atoms with Gasteiger partial charge in [0, 0.05) is 31.0 Å². The topological polar surface area (TPSA) is 59.6 Å². The summed E-state index contributed by atoms with van der Waals surface area (Å²) in [4.78, 5) is 1.90. The molecule has 25 heavy (non-hydrogen) atoms. The van der Waals surface area contributed by atoms with E-state index >= 15 is 0 Å². The highest BCUT2D eigenvalue weighted by Crippen LogP contribution is 2.07. The van der Waals surface area contributed by atoms with Crippen LogP contribution in [0.2, 0.25) is 0 Å². The van der Waals surface area contributed by atoms with Crippen LogP contribution in [-0.2, 0) is 0 Å². The zero-order valence-electron chi connectivity index (χ0n) is 13.8. The van der Waals surface area contributed by atoms with E-state index in [-0.39, 0.29) is 6.61 Å². The van der Waals surface area contributed by atoms with E-state index in [1.54, 1.807) is 0 Å². The fourth-order valence-corrected chi connectivity index (χ4v) is 2.68. The third-order valence-electron chi connectivity index (χ3n) is 3.38. The van der Waals surface area contributed by atoms with Crippen molar-refractivity contribution < 1.29 is 5.11 Å². The molecule has 4 N–H and O–H groups in total. The number of aliphatic hydroxyl groups excluding tert-OH is 1. The van der Waals surface area contributed by atoms with Crippen molar-refractivity contribution in [2.24, 2.45) is 0 Å². The van der Waals surface area contributed by atoms with Crippen molar-refractivity contribution in [3.8, 4) is 0 Å². The molecule has 0 saturated carbocycles. The van der Waals surface area contributed by atoms with Crippen molar-refractivity contribution in [2.75, 3.05) is 36.9 Å². The maximum atomic E-state index is 9.27. The minimum atomic E-state index is 0.0311. The zero-order valence-corrected chi connectivity index (χ0v) is 15.4. The highest BCUT2D eigenvalue weighted by molar-refractivity contribution is 7.80. The third kappa shape index (κ3) is 7.04. The van der Waals surface area contributed by atoms with Gasteiger partial charge in [-0.3, -0.25) is 0 Å². The Hall–Kier alpha value is -2.22. The second-order valence-electron chi connectivity index (χ2n) is 5.25. The van der Waals surface area contributed by atoms with E-state index in [0.29, 0.717) is 29.9 Å². The van der Waals surface area contributed by atoms with Crippen LogP contribution in [0.25, 0.3) is 0 Å². The average Bonchev–Trinajstić information content (AvgIpc) is 2.62. The summed E-state index contributed by atoms with van der Waals surface area (Å²) in [6.45, 7) is 1.72. The Bertz CT molecular complexity index is 667. The van der Waals surface area contributed by atoms with E-state index in [2.05, 4.69) is 16.0 Å². The quantitative estimate of drug-likeness (QED) is 0.556. The molecule has 0 heterocycles. The Labute approximate surface area is 159 Å².